The average molecular weight is 719 g/mol. The molecule has 49 heavy (non-hydrogen) atoms. The highest BCUT2D eigenvalue weighted by Gasteiger charge is 2.27. The van der Waals surface area contributed by atoms with Gasteiger partial charge in [0.1, 0.15) is 0 Å². The predicted molar refractivity (Wildman–Crippen MR) is 208 cm³/mol. The van der Waals surface area contributed by atoms with Gasteiger partial charge >= 0.3 is 7.82 Å². The Balaban J connectivity index is 3.89. The zero-order valence-corrected chi connectivity index (χ0v) is 33.3. The first kappa shape index (κ1) is 48.5. The summed E-state index contributed by atoms with van der Waals surface area (Å²) in [7, 11) is -4.30. The summed E-state index contributed by atoms with van der Waals surface area (Å²) in [5, 5.41) is 13.7. The highest BCUT2D eigenvalue weighted by Crippen LogP contribution is 2.43. The Morgan fingerprint density at radius 2 is 0.939 bits per heavy atom. The smallest absolute Gasteiger partial charge is 0.391 e. The minimum absolute atomic E-state index is 0.0918. The summed E-state index contributed by atoms with van der Waals surface area (Å²) in [6.07, 6.45) is 38.6. The van der Waals surface area contributed by atoms with E-state index in [2.05, 4.69) is 19.2 Å². The fraction of sp³-hybridized carbons (Fsp3) is 0.975. The number of aliphatic hydroxyl groups is 1. The average Bonchev–Trinajstić information content (AvgIpc) is 3.09. The molecule has 0 bridgehead atoms. The minimum atomic E-state index is -4.30. The van der Waals surface area contributed by atoms with Crippen molar-refractivity contribution in [1.82, 2.24) is 5.32 Å². The highest BCUT2D eigenvalue weighted by molar-refractivity contribution is 7.47. The number of aliphatic hydroxyl groups excluding tert-OH is 1. The fourth-order valence-corrected chi connectivity index (χ4v) is 7.25. The molecule has 5 N–H and O–H groups in total. The first-order valence-electron chi connectivity index (χ1n) is 21.2. The van der Waals surface area contributed by atoms with Crippen molar-refractivity contribution in [3.05, 3.63) is 0 Å². The molecule has 3 unspecified atom stereocenters. The Morgan fingerprint density at radius 1 is 0.592 bits per heavy atom. The lowest BCUT2D eigenvalue weighted by molar-refractivity contribution is -0.123. The molecule has 0 aromatic rings. The van der Waals surface area contributed by atoms with Gasteiger partial charge < -0.3 is 21.1 Å². The van der Waals surface area contributed by atoms with E-state index in [-0.39, 0.29) is 25.7 Å². The maximum Gasteiger partial charge on any atom is 0.472 e. The predicted octanol–water partition coefficient (Wildman–Crippen LogP) is 11.4. The molecule has 0 radical (unpaired) electrons. The third-order valence-electron chi connectivity index (χ3n) is 9.71. The molecular weight excluding hydrogens is 635 g/mol. The van der Waals surface area contributed by atoms with Gasteiger partial charge in [-0.3, -0.25) is 13.8 Å². The fourth-order valence-electron chi connectivity index (χ4n) is 6.49. The largest absolute Gasteiger partial charge is 0.472 e. The number of nitrogens with one attached hydrogen (secondary N) is 1. The molecule has 0 aromatic carbocycles. The number of phosphoric ester groups is 1. The SMILES string of the molecule is CCCCCCCCCCCCCCCCCCCCCCCCCC(=O)NC(COP(=O)(O)OCCN)C(O)CCCCCCCCC. The number of hydrogen-bond acceptors (Lipinski definition) is 6. The second-order valence-corrected chi connectivity index (χ2v) is 16.0. The summed E-state index contributed by atoms with van der Waals surface area (Å²) >= 11 is 0. The van der Waals surface area contributed by atoms with Crippen molar-refractivity contribution in [1.29, 1.82) is 0 Å². The van der Waals surface area contributed by atoms with Crippen molar-refractivity contribution in [2.45, 2.75) is 231 Å². The molecular formula is C40H83N2O6P. The van der Waals surface area contributed by atoms with Gasteiger partial charge in [0.25, 0.3) is 0 Å². The molecule has 0 heterocycles. The summed E-state index contributed by atoms with van der Waals surface area (Å²) in [4.78, 5) is 22.6. The zero-order valence-electron chi connectivity index (χ0n) is 32.5. The van der Waals surface area contributed by atoms with Crippen LogP contribution in [0.2, 0.25) is 0 Å². The second kappa shape index (κ2) is 37.3. The van der Waals surface area contributed by atoms with E-state index in [1.807, 2.05) is 0 Å². The summed E-state index contributed by atoms with van der Waals surface area (Å²) in [6.45, 7) is 4.18. The summed E-state index contributed by atoms with van der Waals surface area (Å²) in [6, 6.07) is -0.765. The standard InChI is InChI=1S/C40H83N2O6P/c1-3-5-7-9-11-12-13-14-15-16-17-18-19-20-21-22-23-24-25-26-28-30-32-34-40(44)42-38(37-48-49(45,46)47-36-35-41)39(43)33-31-29-27-10-8-6-4-2/h38-39,43H,3-37,41H2,1-2H3,(H,42,44)(H,45,46). The van der Waals surface area contributed by atoms with Crippen LogP contribution in [-0.2, 0) is 18.4 Å². The number of nitrogens with two attached hydrogens (primary N) is 1. The van der Waals surface area contributed by atoms with Gasteiger partial charge in [0.05, 0.1) is 25.4 Å². The normalized spacial score (nSPS) is 14.1. The van der Waals surface area contributed by atoms with E-state index in [0.29, 0.717) is 12.8 Å². The monoisotopic (exact) mass is 719 g/mol. The Hall–Kier alpha value is -0.500. The maximum atomic E-state index is 12.7. The Morgan fingerprint density at radius 3 is 1.31 bits per heavy atom. The van der Waals surface area contributed by atoms with E-state index in [0.717, 1.165) is 38.5 Å². The van der Waals surface area contributed by atoms with Gasteiger partial charge in [0, 0.05) is 13.0 Å². The summed E-state index contributed by atoms with van der Waals surface area (Å²) in [5.41, 5.74) is 5.35. The summed E-state index contributed by atoms with van der Waals surface area (Å²) in [5.74, 6) is -0.161. The molecule has 9 heteroatoms. The first-order chi connectivity index (χ1) is 23.9. The van der Waals surface area contributed by atoms with Crippen LogP contribution >= 0.6 is 7.82 Å². The number of unbranched alkanes of at least 4 members (excludes halogenated alkanes) is 28. The van der Waals surface area contributed by atoms with Crippen molar-refractivity contribution < 1.29 is 28.4 Å². The molecule has 1 amide bonds. The molecule has 8 nitrogen and oxygen atoms in total. The van der Waals surface area contributed by atoms with E-state index in [4.69, 9.17) is 14.8 Å². The van der Waals surface area contributed by atoms with E-state index in [9.17, 15) is 19.4 Å². The van der Waals surface area contributed by atoms with Gasteiger partial charge in [-0.25, -0.2) is 4.57 Å². The topological polar surface area (TPSA) is 131 Å². The molecule has 0 spiro atoms. The Kier molecular flexibility index (Phi) is 36.9. The van der Waals surface area contributed by atoms with Crippen LogP contribution in [0.4, 0.5) is 0 Å². The van der Waals surface area contributed by atoms with Gasteiger partial charge in [-0.1, -0.05) is 200 Å². The van der Waals surface area contributed by atoms with Crippen LogP contribution in [-0.4, -0.2) is 47.8 Å². The Bertz CT molecular complexity index is 744. The molecule has 0 saturated carbocycles. The number of amides is 1. The van der Waals surface area contributed by atoms with Crippen LogP contribution in [0, 0.1) is 0 Å². The number of carbonyl (C=O) groups excluding carboxylic acids is 1. The van der Waals surface area contributed by atoms with Gasteiger partial charge in [0.15, 0.2) is 0 Å². The van der Waals surface area contributed by atoms with Gasteiger partial charge in [-0.15, -0.1) is 0 Å². The molecule has 294 valence electrons. The van der Waals surface area contributed by atoms with Crippen LogP contribution in [0.5, 0.6) is 0 Å². The van der Waals surface area contributed by atoms with Crippen molar-refractivity contribution in [3.8, 4) is 0 Å². The van der Waals surface area contributed by atoms with Crippen LogP contribution < -0.4 is 11.1 Å². The Labute approximate surface area is 303 Å². The highest BCUT2D eigenvalue weighted by atomic mass is 31.2. The lowest BCUT2D eigenvalue weighted by Gasteiger charge is -2.25. The number of rotatable bonds is 40. The molecule has 0 saturated heterocycles. The van der Waals surface area contributed by atoms with Crippen LogP contribution in [0.25, 0.3) is 0 Å². The third-order valence-corrected chi connectivity index (χ3v) is 10.7. The molecule has 0 rings (SSSR count). The quantitative estimate of drug-likeness (QED) is 0.0366. The van der Waals surface area contributed by atoms with Crippen LogP contribution in [0.15, 0.2) is 0 Å². The van der Waals surface area contributed by atoms with E-state index in [1.165, 1.54) is 154 Å². The molecule has 3 atom stereocenters. The third kappa shape index (κ3) is 35.7. The first-order valence-corrected chi connectivity index (χ1v) is 22.6. The van der Waals surface area contributed by atoms with Crippen molar-refractivity contribution >= 4 is 13.7 Å². The van der Waals surface area contributed by atoms with Crippen molar-refractivity contribution in [2.24, 2.45) is 5.73 Å². The lowest BCUT2D eigenvalue weighted by atomic mass is 10.0. The second-order valence-electron chi connectivity index (χ2n) is 14.6. The minimum Gasteiger partial charge on any atom is -0.391 e. The number of carbonyl (C=O) groups is 1. The maximum absolute atomic E-state index is 12.7. The zero-order chi connectivity index (χ0) is 36.1. The molecule has 0 aliphatic heterocycles. The van der Waals surface area contributed by atoms with Crippen LogP contribution in [0.3, 0.4) is 0 Å². The molecule has 0 aromatic heterocycles. The van der Waals surface area contributed by atoms with Crippen LogP contribution in [0.1, 0.15) is 219 Å². The van der Waals surface area contributed by atoms with Crippen molar-refractivity contribution in [2.75, 3.05) is 19.8 Å². The van der Waals surface area contributed by atoms with Gasteiger partial charge in [-0.05, 0) is 12.8 Å². The summed E-state index contributed by atoms with van der Waals surface area (Å²) < 4.78 is 22.0. The van der Waals surface area contributed by atoms with E-state index in [1.54, 1.807) is 0 Å². The number of hydrogen-bond donors (Lipinski definition) is 4. The lowest BCUT2D eigenvalue weighted by Crippen LogP contribution is -2.46. The molecule has 0 fully saturated rings. The molecule has 0 aliphatic carbocycles. The van der Waals surface area contributed by atoms with E-state index < -0.39 is 20.0 Å². The van der Waals surface area contributed by atoms with Gasteiger partial charge in [-0.2, -0.15) is 0 Å². The van der Waals surface area contributed by atoms with Gasteiger partial charge in [0.2, 0.25) is 5.91 Å². The van der Waals surface area contributed by atoms with Crippen molar-refractivity contribution in [3.63, 3.8) is 0 Å². The molecule has 0 aliphatic rings. The van der Waals surface area contributed by atoms with E-state index >= 15 is 0 Å². The number of phosphoric acid groups is 1.